The third kappa shape index (κ3) is 0.822. The van der Waals surface area contributed by atoms with Crippen LogP contribution in [0.1, 0.15) is 0 Å². The normalized spacial score (nSPS) is 43.9. The van der Waals surface area contributed by atoms with Gasteiger partial charge >= 0.3 is 5.97 Å². The molecule has 0 aromatic rings. The molecule has 1 saturated heterocycles. The van der Waals surface area contributed by atoms with Crippen molar-refractivity contribution in [1.82, 2.24) is 0 Å². The van der Waals surface area contributed by atoms with E-state index < -0.39 is 29.5 Å². The summed E-state index contributed by atoms with van der Waals surface area (Å²) in [5, 5.41) is 27.4. The number of hydrogen-bond donors (Lipinski definition) is 1. The summed E-state index contributed by atoms with van der Waals surface area (Å²) in [6.07, 6.45) is 1.99. The topological polar surface area (TPSA) is 94.1 Å². The SMILES string of the molecule is N#C[C@H]1[C@@H](C#N)[C@]2(O)C=C[C@H]1OC2=O. The predicted octanol–water partition coefficient (Wildman–Crippen LogP) is -0.508. The van der Waals surface area contributed by atoms with Crippen molar-refractivity contribution in [3.63, 3.8) is 0 Å². The van der Waals surface area contributed by atoms with E-state index in [0.29, 0.717) is 0 Å². The van der Waals surface area contributed by atoms with Gasteiger partial charge < -0.3 is 9.84 Å². The lowest BCUT2D eigenvalue weighted by atomic mass is 9.70. The van der Waals surface area contributed by atoms with Gasteiger partial charge in [-0.25, -0.2) is 4.79 Å². The molecular weight excluding hydrogens is 184 g/mol. The molecule has 3 aliphatic rings. The minimum Gasteiger partial charge on any atom is -0.454 e. The summed E-state index contributed by atoms with van der Waals surface area (Å²) in [5.74, 6) is -2.67. The van der Waals surface area contributed by atoms with E-state index in [-0.39, 0.29) is 0 Å². The standard InChI is InChI=1S/C9H6N2O3/c10-3-5-6(4-11)9(13)2-1-7(5)14-8(9)12/h1-2,5-7,13H/t5-,6+,7+,9+/m0/s1. The van der Waals surface area contributed by atoms with Gasteiger partial charge in [-0.15, -0.1) is 0 Å². The number of fused-ring (bicyclic) bond motifs is 2. The van der Waals surface area contributed by atoms with E-state index >= 15 is 0 Å². The molecule has 1 aliphatic carbocycles. The Morgan fingerprint density at radius 2 is 2.21 bits per heavy atom. The van der Waals surface area contributed by atoms with Gasteiger partial charge in [0.15, 0.2) is 5.60 Å². The average Bonchev–Trinajstić information content (AvgIpc) is 2.18. The summed E-state index contributed by atoms with van der Waals surface area (Å²) >= 11 is 0. The van der Waals surface area contributed by atoms with Crippen molar-refractivity contribution in [3.05, 3.63) is 12.2 Å². The van der Waals surface area contributed by atoms with E-state index in [9.17, 15) is 9.90 Å². The second kappa shape index (κ2) is 2.57. The van der Waals surface area contributed by atoms with Crippen LogP contribution in [0.2, 0.25) is 0 Å². The summed E-state index contributed by atoms with van der Waals surface area (Å²) in [4.78, 5) is 11.2. The fourth-order valence-corrected chi connectivity index (χ4v) is 1.78. The maximum Gasteiger partial charge on any atom is 0.344 e. The summed E-state index contributed by atoms with van der Waals surface area (Å²) < 4.78 is 4.77. The summed E-state index contributed by atoms with van der Waals surface area (Å²) in [5.41, 5.74) is -1.94. The first-order valence-corrected chi connectivity index (χ1v) is 4.05. The second-order valence-corrected chi connectivity index (χ2v) is 3.32. The molecule has 2 aliphatic heterocycles. The van der Waals surface area contributed by atoms with Gasteiger partial charge in [0.05, 0.1) is 12.1 Å². The molecular formula is C9H6N2O3. The number of carbonyl (C=O) groups is 1. The molecule has 0 saturated carbocycles. The average molecular weight is 190 g/mol. The van der Waals surface area contributed by atoms with Crippen LogP contribution in [0, 0.1) is 34.5 Å². The Balaban J connectivity index is 2.53. The molecule has 2 heterocycles. The first-order valence-electron chi connectivity index (χ1n) is 4.05. The number of hydrogen-bond acceptors (Lipinski definition) is 5. The minimum absolute atomic E-state index is 0.703. The van der Waals surface area contributed by atoms with E-state index in [1.165, 1.54) is 12.2 Å². The Kier molecular flexibility index (Phi) is 1.60. The maximum absolute atomic E-state index is 11.2. The van der Waals surface area contributed by atoms with Gasteiger partial charge in [0.1, 0.15) is 17.9 Å². The van der Waals surface area contributed by atoms with Crippen LogP contribution < -0.4 is 0 Å². The minimum atomic E-state index is -1.94. The van der Waals surface area contributed by atoms with Gasteiger partial charge in [0.25, 0.3) is 0 Å². The number of carbonyl (C=O) groups excluding carboxylic acids is 1. The third-order valence-electron chi connectivity index (χ3n) is 2.59. The lowest BCUT2D eigenvalue weighted by Crippen LogP contribution is -2.59. The van der Waals surface area contributed by atoms with Gasteiger partial charge in [-0.3, -0.25) is 0 Å². The van der Waals surface area contributed by atoms with Crippen molar-refractivity contribution in [1.29, 1.82) is 10.5 Å². The van der Waals surface area contributed by atoms with Crippen LogP contribution in [0.4, 0.5) is 0 Å². The monoisotopic (exact) mass is 190 g/mol. The summed E-state index contributed by atoms with van der Waals surface area (Å²) in [6, 6.07) is 3.65. The Labute approximate surface area is 79.8 Å². The Hall–Kier alpha value is -1.85. The molecule has 4 atom stereocenters. The van der Waals surface area contributed by atoms with Crippen LogP contribution in [0.25, 0.3) is 0 Å². The van der Waals surface area contributed by atoms with Crippen molar-refractivity contribution < 1.29 is 14.6 Å². The van der Waals surface area contributed by atoms with Gasteiger partial charge in [0, 0.05) is 0 Å². The zero-order valence-corrected chi connectivity index (χ0v) is 7.04. The molecule has 1 N–H and O–H groups in total. The predicted molar refractivity (Wildman–Crippen MR) is 42.2 cm³/mol. The van der Waals surface area contributed by atoms with E-state index in [1.807, 2.05) is 6.07 Å². The highest BCUT2D eigenvalue weighted by Gasteiger charge is 2.58. The lowest BCUT2D eigenvalue weighted by molar-refractivity contribution is -0.185. The van der Waals surface area contributed by atoms with Crippen LogP contribution in [0.15, 0.2) is 12.2 Å². The van der Waals surface area contributed by atoms with Crippen LogP contribution in [0.3, 0.4) is 0 Å². The fraction of sp³-hybridized carbons (Fsp3) is 0.444. The van der Waals surface area contributed by atoms with E-state index in [0.717, 1.165) is 0 Å². The van der Waals surface area contributed by atoms with Crippen LogP contribution >= 0.6 is 0 Å². The molecule has 1 fully saturated rings. The molecule has 0 unspecified atom stereocenters. The molecule has 0 spiro atoms. The number of aliphatic hydroxyl groups is 1. The first-order chi connectivity index (χ1) is 6.63. The zero-order valence-electron chi connectivity index (χ0n) is 7.04. The largest absolute Gasteiger partial charge is 0.454 e. The quantitative estimate of drug-likeness (QED) is 0.410. The summed E-state index contributed by atoms with van der Waals surface area (Å²) in [6.45, 7) is 0. The number of nitrogens with zero attached hydrogens (tertiary/aromatic N) is 2. The molecule has 3 rings (SSSR count). The molecule has 0 aromatic heterocycles. The van der Waals surface area contributed by atoms with Gasteiger partial charge in [-0.05, 0) is 12.2 Å². The number of esters is 1. The molecule has 70 valence electrons. The van der Waals surface area contributed by atoms with Crippen molar-refractivity contribution in [2.24, 2.45) is 11.8 Å². The highest BCUT2D eigenvalue weighted by atomic mass is 16.6. The van der Waals surface area contributed by atoms with Crippen molar-refractivity contribution in [2.75, 3.05) is 0 Å². The molecule has 14 heavy (non-hydrogen) atoms. The number of rotatable bonds is 0. The lowest BCUT2D eigenvalue weighted by Gasteiger charge is -2.42. The molecule has 0 radical (unpaired) electrons. The highest BCUT2D eigenvalue weighted by molar-refractivity contribution is 5.85. The number of nitriles is 2. The molecule has 5 nitrogen and oxygen atoms in total. The van der Waals surface area contributed by atoms with Gasteiger partial charge in [-0.2, -0.15) is 10.5 Å². The van der Waals surface area contributed by atoms with E-state index in [1.54, 1.807) is 6.07 Å². The Morgan fingerprint density at radius 3 is 2.71 bits per heavy atom. The molecule has 2 bridgehead atoms. The Bertz CT molecular complexity index is 403. The number of ether oxygens (including phenoxy) is 1. The van der Waals surface area contributed by atoms with Crippen molar-refractivity contribution in [3.8, 4) is 12.1 Å². The van der Waals surface area contributed by atoms with Crippen molar-refractivity contribution in [2.45, 2.75) is 11.7 Å². The highest BCUT2D eigenvalue weighted by Crippen LogP contribution is 2.40. The zero-order chi connectivity index (χ0) is 10.3. The van der Waals surface area contributed by atoms with E-state index in [4.69, 9.17) is 15.3 Å². The van der Waals surface area contributed by atoms with Gasteiger partial charge in [-0.1, -0.05) is 0 Å². The van der Waals surface area contributed by atoms with Crippen LogP contribution in [0.5, 0.6) is 0 Å². The molecule has 0 amide bonds. The van der Waals surface area contributed by atoms with Crippen LogP contribution in [-0.4, -0.2) is 22.8 Å². The van der Waals surface area contributed by atoms with Crippen LogP contribution in [-0.2, 0) is 9.53 Å². The van der Waals surface area contributed by atoms with E-state index in [2.05, 4.69) is 0 Å². The maximum atomic E-state index is 11.2. The first kappa shape index (κ1) is 8.74. The fourth-order valence-electron chi connectivity index (χ4n) is 1.78. The molecule has 0 aromatic carbocycles. The third-order valence-corrected chi connectivity index (χ3v) is 2.59. The Morgan fingerprint density at radius 1 is 1.50 bits per heavy atom. The molecule has 5 heteroatoms. The van der Waals surface area contributed by atoms with Gasteiger partial charge in [0.2, 0.25) is 0 Å². The second-order valence-electron chi connectivity index (χ2n) is 3.32. The van der Waals surface area contributed by atoms with Crippen molar-refractivity contribution >= 4 is 5.97 Å². The smallest absolute Gasteiger partial charge is 0.344 e. The summed E-state index contributed by atoms with van der Waals surface area (Å²) in [7, 11) is 0.